The van der Waals surface area contributed by atoms with Crippen LogP contribution in [0.4, 0.5) is 5.69 Å². The Morgan fingerprint density at radius 1 is 1.40 bits per heavy atom. The van der Waals surface area contributed by atoms with Crippen LogP contribution in [-0.4, -0.2) is 16.8 Å². The van der Waals surface area contributed by atoms with E-state index in [4.69, 9.17) is 0 Å². The molecule has 0 fully saturated rings. The molecule has 2 aromatic rings. The van der Waals surface area contributed by atoms with Crippen molar-refractivity contribution in [2.24, 2.45) is 0 Å². The molecule has 2 heterocycles. The lowest BCUT2D eigenvalue weighted by molar-refractivity contribution is 0.103. The lowest BCUT2D eigenvalue weighted by atomic mass is 10.1. The van der Waals surface area contributed by atoms with Crippen LogP contribution in [-0.2, 0) is 12.2 Å². The van der Waals surface area contributed by atoms with Gasteiger partial charge in [0.15, 0.2) is 0 Å². The number of thiophene rings is 1. The van der Waals surface area contributed by atoms with Crippen LogP contribution < -0.4 is 5.32 Å². The molecule has 1 aromatic carbocycles. The van der Waals surface area contributed by atoms with Crippen LogP contribution in [0.5, 0.6) is 5.75 Å². The second-order valence-corrected chi connectivity index (χ2v) is 7.01. The number of phenolic OH excluding ortho intramolecular Hbond substituents is 1. The molecular weight excluding hydrogens is 290 g/mol. The van der Waals surface area contributed by atoms with Gasteiger partial charge in [-0.3, -0.25) is 4.79 Å². The SMILES string of the molecule is Cc1c(O)cccc1NC(=O)c1cc2c(s1)CCSC2. The molecule has 104 valence electrons. The van der Waals surface area contributed by atoms with Gasteiger partial charge in [0.1, 0.15) is 5.75 Å². The topological polar surface area (TPSA) is 49.3 Å². The minimum Gasteiger partial charge on any atom is -0.508 e. The minimum atomic E-state index is -0.0944. The summed E-state index contributed by atoms with van der Waals surface area (Å²) in [4.78, 5) is 14.4. The number of hydrogen-bond acceptors (Lipinski definition) is 4. The first kappa shape index (κ1) is 13.5. The number of fused-ring (bicyclic) bond motifs is 1. The quantitative estimate of drug-likeness (QED) is 0.887. The summed E-state index contributed by atoms with van der Waals surface area (Å²) in [5, 5.41) is 12.5. The maximum Gasteiger partial charge on any atom is 0.265 e. The molecule has 0 spiro atoms. The largest absolute Gasteiger partial charge is 0.508 e. The standard InChI is InChI=1S/C15H15NO2S2/c1-9-11(3-2-4-12(9)17)16-15(18)14-7-10-8-19-6-5-13(10)20-14/h2-4,7,17H,5-6,8H2,1H3,(H,16,18). The van der Waals surface area contributed by atoms with Gasteiger partial charge < -0.3 is 10.4 Å². The maximum atomic E-state index is 12.3. The zero-order valence-electron chi connectivity index (χ0n) is 11.1. The Kier molecular flexibility index (Phi) is 3.72. The third-order valence-corrected chi connectivity index (χ3v) is 5.65. The first-order valence-electron chi connectivity index (χ1n) is 6.44. The van der Waals surface area contributed by atoms with Gasteiger partial charge >= 0.3 is 0 Å². The van der Waals surface area contributed by atoms with E-state index in [0.717, 1.165) is 22.8 Å². The average molecular weight is 305 g/mol. The van der Waals surface area contributed by atoms with E-state index in [2.05, 4.69) is 5.32 Å². The summed E-state index contributed by atoms with van der Waals surface area (Å²) in [5.74, 6) is 2.25. The van der Waals surface area contributed by atoms with Crippen LogP contribution in [0.2, 0.25) is 0 Å². The van der Waals surface area contributed by atoms with E-state index in [-0.39, 0.29) is 11.7 Å². The summed E-state index contributed by atoms with van der Waals surface area (Å²) >= 11 is 3.50. The molecule has 0 saturated carbocycles. The highest BCUT2D eigenvalue weighted by atomic mass is 32.2. The molecule has 3 nitrogen and oxygen atoms in total. The van der Waals surface area contributed by atoms with Crippen LogP contribution in [0.3, 0.4) is 0 Å². The highest BCUT2D eigenvalue weighted by Crippen LogP contribution is 2.32. The number of anilines is 1. The summed E-state index contributed by atoms with van der Waals surface area (Å²) in [6.07, 6.45) is 1.06. The lowest BCUT2D eigenvalue weighted by Crippen LogP contribution is -2.11. The Morgan fingerprint density at radius 2 is 2.25 bits per heavy atom. The average Bonchev–Trinajstić information content (AvgIpc) is 2.88. The molecule has 0 bridgehead atoms. The van der Waals surface area contributed by atoms with Crippen molar-refractivity contribution >= 4 is 34.7 Å². The number of carbonyl (C=O) groups excluding carboxylic acids is 1. The van der Waals surface area contributed by atoms with Crippen molar-refractivity contribution < 1.29 is 9.90 Å². The van der Waals surface area contributed by atoms with Gasteiger partial charge in [0.25, 0.3) is 5.91 Å². The molecule has 1 aromatic heterocycles. The predicted octanol–water partition coefficient (Wildman–Crippen LogP) is 3.80. The summed E-state index contributed by atoms with van der Waals surface area (Å²) < 4.78 is 0. The second-order valence-electron chi connectivity index (χ2n) is 4.77. The number of phenols is 1. The van der Waals surface area contributed by atoms with Crippen LogP contribution in [0.1, 0.15) is 25.7 Å². The molecule has 3 rings (SSSR count). The zero-order chi connectivity index (χ0) is 14.1. The number of hydrogen-bond donors (Lipinski definition) is 2. The van der Waals surface area contributed by atoms with E-state index in [1.807, 2.05) is 17.8 Å². The molecule has 0 unspecified atom stereocenters. The Balaban J connectivity index is 1.82. The van der Waals surface area contributed by atoms with Gasteiger partial charge in [-0.2, -0.15) is 11.8 Å². The number of benzene rings is 1. The number of carbonyl (C=O) groups is 1. The molecule has 1 aliphatic heterocycles. The van der Waals surface area contributed by atoms with Crippen LogP contribution in [0.15, 0.2) is 24.3 Å². The normalized spacial score (nSPS) is 13.8. The first-order valence-corrected chi connectivity index (χ1v) is 8.41. The third kappa shape index (κ3) is 2.55. The van der Waals surface area contributed by atoms with Crippen molar-refractivity contribution in [2.45, 2.75) is 19.1 Å². The fourth-order valence-electron chi connectivity index (χ4n) is 2.20. The molecule has 2 N–H and O–H groups in total. The monoisotopic (exact) mass is 305 g/mol. The smallest absolute Gasteiger partial charge is 0.265 e. The van der Waals surface area contributed by atoms with Crippen LogP contribution >= 0.6 is 23.1 Å². The summed E-state index contributed by atoms with van der Waals surface area (Å²) in [5.41, 5.74) is 2.65. The van der Waals surface area contributed by atoms with E-state index in [9.17, 15) is 9.90 Å². The molecule has 5 heteroatoms. The second kappa shape index (κ2) is 5.50. The first-order chi connectivity index (χ1) is 9.65. The van der Waals surface area contributed by atoms with E-state index in [0.29, 0.717) is 11.3 Å². The van der Waals surface area contributed by atoms with Crippen LogP contribution in [0, 0.1) is 6.92 Å². The molecule has 1 aliphatic rings. The molecular formula is C15H15NO2S2. The minimum absolute atomic E-state index is 0.0944. The molecule has 0 radical (unpaired) electrons. The van der Waals surface area contributed by atoms with E-state index < -0.39 is 0 Å². The summed E-state index contributed by atoms with van der Waals surface area (Å²) in [7, 11) is 0. The van der Waals surface area contributed by atoms with Crippen molar-refractivity contribution in [3.8, 4) is 5.75 Å². The van der Waals surface area contributed by atoms with E-state index >= 15 is 0 Å². The lowest BCUT2D eigenvalue weighted by Gasteiger charge is -2.08. The Hall–Kier alpha value is -1.46. The molecule has 20 heavy (non-hydrogen) atoms. The van der Waals surface area contributed by atoms with Crippen molar-refractivity contribution in [3.05, 3.63) is 45.1 Å². The van der Waals surface area contributed by atoms with Gasteiger partial charge in [0, 0.05) is 21.9 Å². The van der Waals surface area contributed by atoms with E-state index in [1.54, 1.807) is 36.5 Å². The number of rotatable bonds is 2. The Labute approximate surface area is 126 Å². The van der Waals surface area contributed by atoms with Crippen molar-refractivity contribution in [1.82, 2.24) is 0 Å². The number of aromatic hydroxyl groups is 1. The van der Waals surface area contributed by atoms with Crippen molar-refractivity contribution in [1.29, 1.82) is 0 Å². The molecule has 0 atom stereocenters. The van der Waals surface area contributed by atoms with E-state index in [1.165, 1.54) is 10.4 Å². The fraction of sp³-hybridized carbons (Fsp3) is 0.267. The molecule has 1 amide bonds. The molecule has 0 saturated heterocycles. The number of thioether (sulfide) groups is 1. The zero-order valence-corrected chi connectivity index (χ0v) is 12.7. The third-order valence-electron chi connectivity index (χ3n) is 3.40. The highest BCUT2D eigenvalue weighted by molar-refractivity contribution is 7.98. The predicted molar refractivity (Wildman–Crippen MR) is 85.0 cm³/mol. The van der Waals surface area contributed by atoms with Crippen molar-refractivity contribution in [2.75, 3.05) is 11.1 Å². The fourth-order valence-corrected chi connectivity index (χ4v) is 4.47. The summed E-state index contributed by atoms with van der Waals surface area (Å²) in [6, 6.07) is 7.15. The van der Waals surface area contributed by atoms with Crippen LogP contribution in [0.25, 0.3) is 0 Å². The Bertz CT molecular complexity index is 640. The van der Waals surface area contributed by atoms with Crippen molar-refractivity contribution in [3.63, 3.8) is 0 Å². The van der Waals surface area contributed by atoms with Gasteiger partial charge in [-0.05, 0) is 42.9 Å². The van der Waals surface area contributed by atoms with Gasteiger partial charge in [0.05, 0.1) is 4.88 Å². The van der Waals surface area contributed by atoms with Gasteiger partial charge in [-0.25, -0.2) is 0 Å². The number of amides is 1. The van der Waals surface area contributed by atoms with Gasteiger partial charge in [-0.1, -0.05) is 6.07 Å². The number of nitrogens with one attached hydrogen (secondary N) is 1. The highest BCUT2D eigenvalue weighted by Gasteiger charge is 2.18. The Morgan fingerprint density at radius 3 is 3.05 bits per heavy atom. The summed E-state index contributed by atoms with van der Waals surface area (Å²) in [6.45, 7) is 1.79. The van der Waals surface area contributed by atoms with Gasteiger partial charge in [-0.15, -0.1) is 11.3 Å². The molecule has 0 aliphatic carbocycles. The van der Waals surface area contributed by atoms with Gasteiger partial charge in [0.2, 0.25) is 0 Å². The number of aryl methyl sites for hydroxylation is 1. The maximum absolute atomic E-state index is 12.3.